The topological polar surface area (TPSA) is 115 Å². The molecule has 10 heteroatoms. The number of anilines is 1. The highest BCUT2D eigenvalue weighted by molar-refractivity contribution is 7.15. The number of nitro benzene ring substituents is 1. The molecule has 0 fully saturated rings. The summed E-state index contributed by atoms with van der Waals surface area (Å²) in [4.78, 5) is 41.8. The van der Waals surface area contributed by atoms with Gasteiger partial charge in [-0.15, -0.1) is 0 Å². The lowest BCUT2D eigenvalue weighted by atomic mass is 10.1. The standard InChI is InChI=1S/C17H18N4O5S/c1-3-26-17(23)20-8-7-12-14(9-20)27-16(18-12)19-15(22)11-5-4-6-13(10(11)2)21(24)25/h4-6H,3,7-9H2,1-2H3,(H,18,19,22). The largest absolute Gasteiger partial charge is 0.450 e. The quantitative estimate of drug-likeness (QED) is 0.633. The number of nitrogens with zero attached hydrogens (tertiary/aromatic N) is 3. The van der Waals surface area contributed by atoms with Gasteiger partial charge in [-0.2, -0.15) is 0 Å². The second-order valence-electron chi connectivity index (χ2n) is 5.92. The highest BCUT2D eigenvalue weighted by atomic mass is 32.1. The SMILES string of the molecule is CCOC(=O)N1CCc2nc(NC(=O)c3cccc([N+](=O)[O-])c3C)sc2C1. The summed E-state index contributed by atoms with van der Waals surface area (Å²) in [6.07, 6.45) is 0.213. The molecule has 1 aliphatic heterocycles. The van der Waals surface area contributed by atoms with Gasteiger partial charge < -0.3 is 9.64 Å². The number of fused-ring (bicyclic) bond motifs is 1. The lowest BCUT2D eigenvalue weighted by Gasteiger charge is -2.24. The van der Waals surface area contributed by atoms with Crippen LogP contribution in [0.15, 0.2) is 18.2 Å². The number of ether oxygens (including phenoxy) is 1. The Kier molecular flexibility index (Phi) is 5.36. The highest BCUT2D eigenvalue weighted by Crippen LogP contribution is 2.29. The minimum absolute atomic E-state index is 0.105. The molecule has 1 aromatic heterocycles. The third-order valence-corrected chi connectivity index (χ3v) is 5.22. The third-order valence-electron chi connectivity index (χ3n) is 4.22. The zero-order chi connectivity index (χ0) is 19.6. The summed E-state index contributed by atoms with van der Waals surface area (Å²) in [6.45, 7) is 4.50. The first-order chi connectivity index (χ1) is 12.9. The van der Waals surface area contributed by atoms with Gasteiger partial charge in [-0.3, -0.25) is 20.2 Å². The van der Waals surface area contributed by atoms with E-state index in [-0.39, 0.29) is 17.3 Å². The number of hydrogen-bond donors (Lipinski definition) is 1. The minimum Gasteiger partial charge on any atom is -0.450 e. The summed E-state index contributed by atoms with van der Waals surface area (Å²) in [5.41, 5.74) is 1.26. The van der Waals surface area contributed by atoms with Crippen LogP contribution in [0, 0.1) is 17.0 Å². The van der Waals surface area contributed by atoms with Crippen molar-refractivity contribution in [3.63, 3.8) is 0 Å². The molecule has 0 unspecified atom stereocenters. The first-order valence-electron chi connectivity index (χ1n) is 8.36. The molecule has 0 spiro atoms. The predicted octanol–water partition coefficient (Wildman–Crippen LogP) is 3.13. The zero-order valence-corrected chi connectivity index (χ0v) is 15.7. The van der Waals surface area contributed by atoms with E-state index in [1.54, 1.807) is 11.8 Å². The molecule has 2 amide bonds. The second-order valence-corrected chi connectivity index (χ2v) is 7.00. The van der Waals surface area contributed by atoms with Crippen molar-refractivity contribution in [3.8, 4) is 0 Å². The Morgan fingerprint density at radius 1 is 1.44 bits per heavy atom. The van der Waals surface area contributed by atoms with Crippen molar-refractivity contribution >= 4 is 34.2 Å². The molecule has 0 saturated heterocycles. The maximum Gasteiger partial charge on any atom is 0.410 e. The van der Waals surface area contributed by atoms with Gasteiger partial charge in [-0.1, -0.05) is 17.4 Å². The number of thiazole rings is 1. The molecule has 3 rings (SSSR count). The number of benzene rings is 1. The van der Waals surface area contributed by atoms with Crippen molar-refractivity contribution in [2.45, 2.75) is 26.8 Å². The normalized spacial score (nSPS) is 13.0. The zero-order valence-electron chi connectivity index (χ0n) is 14.9. The summed E-state index contributed by atoms with van der Waals surface area (Å²) in [7, 11) is 0. The fourth-order valence-corrected chi connectivity index (χ4v) is 3.87. The first kappa shape index (κ1) is 18.8. The van der Waals surface area contributed by atoms with E-state index in [1.165, 1.54) is 36.5 Å². The van der Waals surface area contributed by atoms with Crippen LogP contribution in [-0.2, 0) is 17.7 Å². The highest BCUT2D eigenvalue weighted by Gasteiger charge is 2.26. The van der Waals surface area contributed by atoms with E-state index in [9.17, 15) is 19.7 Å². The van der Waals surface area contributed by atoms with Crippen molar-refractivity contribution < 1.29 is 19.2 Å². The molecular formula is C17H18N4O5S. The number of carbonyl (C=O) groups is 2. The molecule has 0 bridgehead atoms. The van der Waals surface area contributed by atoms with Crippen molar-refractivity contribution in [1.82, 2.24) is 9.88 Å². The van der Waals surface area contributed by atoms with Crippen molar-refractivity contribution in [2.24, 2.45) is 0 Å². The van der Waals surface area contributed by atoms with Gasteiger partial charge in [-0.25, -0.2) is 9.78 Å². The fraction of sp³-hybridized carbons (Fsp3) is 0.353. The Morgan fingerprint density at radius 2 is 2.22 bits per heavy atom. The summed E-state index contributed by atoms with van der Waals surface area (Å²) in [5.74, 6) is -0.454. The Hall–Kier alpha value is -3.01. The molecule has 2 heterocycles. The van der Waals surface area contributed by atoms with Gasteiger partial charge in [0.15, 0.2) is 5.13 Å². The number of carbonyl (C=O) groups excluding carboxylic acids is 2. The Bertz CT molecular complexity index is 911. The van der Waals surface area contributed by atoms with Gasteiger partial charge in [-0.05, 0) is 19.9 Å². The molecule has 0 radical (unpaired) electrons. The van der Waals surface area contributed by atoms with Gasteiger partial charge in [0.2, 0.25) is 0 Å². The summed E-state index contributed by atoms with van der Waals surface area (Å²) < 4.78 is 5.02. The van der Waals surface area contributed by atoms with Crippen LogP contribution in [0.25, 0.3) is 0 Å². The molecule has 2 aromatic rings. The molecule has 0 aliphatic carbocycles. The van der Waals surface area contributed by atoms with Gasteiger partial charge >= 0.3 is 6.09 Å². The number of hydrogen-bond acceptors (Lipinski definition) is 7. The van der Waals surface area contributed by atoms with E-state index < -0.39 is 10.8 Å². The molecular weight excluding hydrogens is 372 g/mol. The second kappa shape index (κ2) is 7.70. The summed E-state index contributed by atoms with van der Waals surface area (Å²) >= 11 is 1.29. The van der Waals surface area contributed by atoms with Crippen LogP contribution in [0.3, 0.4) is 0 Å². The summed E-state index contributed by atoms with van der Waals surface area (Å²) in [6, 6.07) is 4.37. The average Bonchev–Trinajstić information content (AvgIpc) is 3.02. The van der Waals surface area contributed by atoms with E-state index in [4.69, 9.17) is 4.74 Å². The Morgan fingerprint density at radius 3 is 2.93 bits per heavy atom. The van der Waals surface area contributed by atoms with Crippen LogP contribution < -0.4 is 5.32 Å². The molecule has 1 aromatic carbocycles. The van der Waals surface area contributed by atoms with Gasteiger partial charge in [0, 0.05) is 35.0 Å². The average molecular weight is 390 g/mol. The molecule has 0 saturated carbocycles. The smallest absolute Gasteiger partial charge is 0.410 e. The lowest BCUT2D eigenvalue weighted by molar-refractivity contribution is -0.385. The number of aromatic nitrogens is 1. The van der Waals surface area contributed by atoms with E-state index >= 15 is 0 Å². The van der Waals surface area contributed by atoms with Crippen LogP contribution in [0.5, 0.6) is 0 Å². The molecule has 0 atom stereocenters. The molecule has 27 heavy (non-hydrogen) atoms. The van der Waals surface area contributed by atoms with E-state index in [0.29, 0.717) is 36.8 Å². The molecule has 142 valence electrons. The Labute approximate surface area is 159 Å². The first-order valence-corrected chi connectivity index (χ1v) is 9.18. The third kappa shape index (κ3) is 3.90. The summed E-state index contributed by atoms with van der Waals surface area (Å²) in [5, 5.41) is 14.1. The van der Waals surface area contributed by atoms with Crippen LogP contribution in [0.4, 0.5) is 15.6 Å². The predicted molar refractivity (Wildman–Crippen MR) is 99.0 cm³/mol. The van der Waals surface area contributed by atoms with Gasteiger partial charge in [0.1, 0.15) is 0 Å². The molecule has 1 aliphatic rings. The van der Waals surface area contributed by atoms with Crippen LogP contribution in [0.1, 0.15) is 33.4 Å². The molecule has 1 N–H and O–H groups in total. The van der Waals surface area contributed by atoms with Gasteiger partial charge in [0.25, 0.3) is 11.6 Å². The van der Waals surface area contributed by atoms with Crippen LogP contribution >= 0.6 is 11.3 Å². The number of rotatable bonds is 4. The lowest BCUT2D eigenvalue weighted by Crippen LogP contribution is -2.35. The van der Waals surface area contributed by atoms with Crippen LogP contribution in [0.2, 0.25) is 0 Å². The van der Waals surface area contributed by atoms with Crippen molar-refractivity contribution in [2.75, 3.05) is 18.5 Å². The van der Waals surface area contributed by atoms with E-state index in [1.807, 2.05) is 0 Å². The maximum atomic E-state index is 12.5. The van der Waals surface area contributed by atoms with Crippen molar-refractivity contribution in [1.29, 1.82) is 0 Å². The van der Waals surface area contributed by atoms with Crippen molar-refractivity contribution in [3.05, 3.63) is 50.0 Å². The Balaban J connectivity index is 1.75. The maximum absolute atomic E-state index is 12.5. The number of amides is 2. The number of nitro groups is 1. The molecule has 9 nitrogen and oxygen atoms in total. The monoisotopic (exact) mass is 390 g/mol. The van der Waals surface area contributed by atoms with E-state index in [2.05, 4.69) is 10.3 Å². The van der Waals surface area contributed by atoms with Crippen LogP contribution in [-0.4, -0.2) is 40.0 Å². The van der Waals surface area contributed by atoms with E-state index in [0.717, 1.165) is 10.6 Å². The minimum atomic E-state index is -0.516. The number of nitrogens with one attached hydrogen (secondary N) is 1. The van der Waals surface area contributed by atoms with Gasteiger partial charge in [0.05, 0.1) is 23.8 Å². The fourth-order valence-electron chi connectivity index (χ4n) is 2.85.